The van der Waals surface area contributed by atoms with E-state index in [2.05, 4.69) is 25.5 Å². The number of anilines is 1. The molecule has 2 rings (SSSR count). The van der Waals surface area contributed by atoms with Gasteiger partial charge in [-0.2, -0.15) is 0 Å². The van der Waals surface area contributed by atoms with E-state index in [9.17, 15) is 4.79 Å². The Morgan fingerprint density at radius 2 is 2.21 bits per heavy atom. The third-order valence-electron chi connectivity index (χ3n) is 3.71. The van der Waals surface area contributed by atoms with Crippen molar-refractivity contribution in [2.45, 2.75) is 25.9 Å². The van der Waals surface area contributed by atoms with Crippen LogP contribution in [0, 0.1) is 0 Å². The van der Waals surface area contributed by atoms with E-state index in [0.29, 0.717) is 11.8 Å². The Bertz CT molecular complexity index is 518. The van der Waals surface area contributed by atoms with Gasteiger partial charge in [-0.3, -0.25) is 14.8 Å². The van der Waals surface area contributed by atoms with Crippen molar-refractivity contribution in [1.82, 2.24) is 15.2 Å². The second kappa shape index (κ2) is 11.2. The molecule has 0 atom stereocenters. The number of halogens is 1. The van der Waals surface area contributed by atoms with Crippen LogP contribution in [0.3, 0.4) is 0 Å². The highest BCUT2D eigenvalue weighted by atomic mass is 127. The molecule has 1 fully saturated rings. The van der Waals surface area contributed by atoms with Gasteiger partial charge in [0.05, 0.1) is 24.5 Å². The zero-order valence-electron chi connectivity index (χ0n) is 14.2. The van der Waals surface area contributed by atoms with Crippen LogP contribution in [-0.2, 0) is 9.53 Å². The summed E-state index contributed by atoms with van der Waals surface area (Å²) < 4.78 is 5.65. The molecule has 1 amide bonds. The lowest BCUT2D eigenvalue weighted by atomic mass is 10.1. The van der Waals surface area contributed by atoms with Crippen LogP contribution in [0.4, 0.5) is 5.69 Å². The van der Waals surface area contributed by atoms with E-state index in [4.69, 9.17) is 4.74 Å². The van der Waals surface area contributed by atoms with Crippen LogP contribution in [0.25, 0.3) is 0 Å². The Morgan fingerprint density at radius 1 is 1.46 bits per heavy atom. The van der Waals surface area contributed by atoms with Crippen molar-refractivity contribution in [3.05, 3.63) is 24.5 Å². The number of carbonyl (C=O) groups excluding carboxylic acids is 1. The molecule has 1 aliphatic rings. The maximum absolute atomic E-state index is 12.0. The van der Waals surface area contributed by atoms with Gasteiger partial charge in [0.25, 0.3) is 0 Å². The van der Waals surface area contributed by atoms with Gasteiger partial charge in [0, 0.05) is 32.9 Å². The third-order valence-corrected chi connectivity index (χ3v) is 3.71. The summed E-state index contributed by atoms with van der Waals surface area (Å²) >= 11 is 0. The van der Waals surface area contributed by atoms with Gasteiger partial charge in [0.1, 0.15) is 0 Å². The van der Waals surface area contributed by atoms with E-state index in [1.807, 2.05) is 6.92 Å². The molecule has 1 aliphatic heterocycles. The minimum atomic E-state index is -0.122. The van der Waals surface area contributed by atoms with Gasteiger partial charge in [-0.15, -0.1) is 24.0 Å². The van der Waals surface area contributed by atoms with E-state index >= 15 is 0 Å². The highest BCUT2D eigenvalue weighted by Crippen LogP contribution is 2.13. The summed E-state index contributed by atoms with van der Waals surface area (Å²) in [5.74, 6) is 0.629. The van der Waals surface area contributed by atoms with Gasteiger partial charge >= 0.3 is 0 Å². The Balaban J connectivity index is 0.00000288. The fraction of sp³-hybridized carbons (Fsp3) is 0.562. The lowest BCUT2D eigenvalue weighted by Gasteiger charge is -2.33. The normalized spacial score (nSPS) is 15.6. The summed E-state index contributed by atoms with van der Waals surface area (Å²) in [6.07, 6.45) is 5.59. The average Bonchev–Trinajstić information content (AvgIpc) is 2.58. The molecule has 0 spiro atoms. The molecule has 0 unspecified atom stereocenters. The number of nitrogens with zero attached hydrogens (tertiary/aromatic N) is 3. The summed E-state index contributed by atoms with van der Waals surface area (Å²) in [6, 6.07) is 3.59. The van der Waals surface area contributed by atoms with Crippen molar-refractivity contribution < 1.29 is 9.53 Å². The molecule has 24 heavy (non-hydrogen) atoms. The Hall–Kier alpha value is -1.42. The minimum absolute atomic E-state index is 0. The fourth-order valence-corrected chi connectivity index (χ4v) is 2.60. The number of hydrogen-bond donors (Lipinski definition) is 2. The van der Waals surface area contributed by atoms with Crippen molar-refractivity contribution in [2.75, 3.05) is 38.6 Å². The van der Waals surface area contributed by atoms with Crippen LogP contribution in [0.2, 0.25) is 0 Å². The smallest absolute Gasteiger partial charge is 0.243 e. The predicted molar refractivity (Wildman–Crippen MR) is 106 cm³/mol. The van der Waals surface area contributed by atoms with Crippen molar-refractivity contribution >= 4 is 41.5 Å². The lowest BCUT2D eigenvalue weighted by Crippen LogP contribution is -2.48. The lowest BCUT2D eigenvalue weighted by molar-refractivity contribution is -0.115. The molecule has 8 heteroatoms. The van der Waals surface area contributed by atoms with Gasteiger partial charge in [0.15, 0.2) is 5.96 Å². The molecule has 0 aromatic carbocycles. The Labute approximate surface area is 160 Å². The molecule has 2 N–H and O–H groups in total. The van der Waals surface area contributed by atoms with Crippen LogP contribution in [0.5, 0.6) is 0 Å². The number of piperidine rings is 1. The van der Waals surface area contributed by atoms with Crippen molar-refractivity contribution in [3.63, 3.8) is 0 Å². The maximum Gasteiger partial charge on any atom is 0.243 e. The molecule has 0 saturated carbocycles. The predicted octanol–water partition coefficient (Wildman–Crippen LogP) is 1.71. The fourth-order valence-electron chi connectivity index (χ4n) is 2.60. The monoisotopic (exact) mass is 447 g/mol. The van der Waals surface area contributed by atoms with E-state index in [1.165, 1.54) is 0 Å². The summed E-state index contributed by atoms with van der Waals surface area (Å²) in [6.45, 7) is 4.72. The molecular formula is C16H26IN5O2. The van der Waals surface area contributed by atoms with Crippen LogP contribution in [-0.4, -0.2) is 61.1 Å². The molecule has 0 aliphatic carbocycles. The Morgan fingerprint density at radius 3 is 2.79 bits per heavy atom. The number of amides is 1. The first-order valence-corrected chi connectivity index (χ1v) is 8.00. The number of likely N-dealkylation sites (tertiary alicyclic amines) is 1. The third kappa shape index (κ3) is 6.60. The first-order valence-electron chi connectivity index (χ1n) is 8.00. The van der Waals surface area contributed by atoms with Crippen LogP contribution >= 0.6 is 24.0 Å². The van der Waals surface area contributed by atoms with Gasteiger partial charge in [-0.05, 0) is 31.9 Å². The summed E-state index contributed by atoms with van der Waals surface area (Å²) in [4.78, 5) is 22.3. The highest BCUT2D eigenvalue weighted by molar-refractivity contribution is 14.0. The number of ether oxygens (including phenoxy) is 1. The van der Waals surface area contributed by atoms with E-state index in [-0.39, 0.29) is 36.4 Å². The van der Waals surface area contributed by atoms with Crippen molar-refractivity contribution in [1.29, 1.82) is 0 Å². The molecule has 134 valence electrons. The van der Waals surface area contributed by atoms with E-state index in [0.717, 1.165) is 38.5 Å². The number of pyridine rings is 1. The number of nitrogens with one attached hydrogen (secondary N) is 2. The molecule has 1 aromatic heterocycles. The van der Waals surface area contributed by atoms with Crippen LogP contribution in [0.1, 0.15) is 19.8 Å². The van der Waals surface area contributed by atoms with Gasteiger partial charge in [-0.25, -0.2) is 0 Å². The molecule has 0 bridgehead atoms. The average molecular weight is 447 g/mol. The number of guanidine groups is 1. The summed E-state index contributed by atoms with van der Waals surface area (Å²) in [7, 11) is 1.73. The molecule has 0 radical (unpaired) electrons. The second-order valence-corrected chi connectivity index (χ2v) is 5.33. The van der Waals surface area contributed by atoms with Crippen molar-refractivity contribution in [2.24, 2.45) is 4.99 Å². The van der Waals surface area contributed by atoms with Crippen LogP contribution in [0.15, 0.2) is 29.5 Å². The first kappa shape index (κ1) is 20.6. The maximum atomic E-state index is 12.0. The number of rotatable bonds is 5. The van der Waals surface area contributed by atoms with Crippen molar-refractivity contribution in [3.8, 4) is 0 Å². The Kier molecular flexibility index (Phi) is 9.62. The topological polar surface area (TPSA) is 78.8 Å². The summed E-state index contributed by atoms with van der Waals surface area (Å²) in [5.41, 5.74) is 0.687. The van der Waals surface area contributed by atoms with Gasteiger partial charge in [-0.1, -0.05) is 0 Å². The standard InChI is InChI=1S/C16H25N5O2.HI/c1-3-23-14-6-9-21(10-7-14)16(17-2)19-12-15(22)20-13-5-4-8-18-11-13;/h4-5,8,11,14H,3,6-7,9-10,12H2,1-2H3,(H,17,19)(H,20,22);1H. The van der Waals surface area contributed by atoms with Gasteiger partial charge in [0.2, 0.25) is 5.91 Å². The number of carbonyl (C=O) groups is 1. The van der Waals surface area contributed by atoms with Crippen LogP contribution < -0.4 is 10.6 Å². The summed E-state index contributed by atoms with van der Waals surface area (Å²) in [5, 5.41) is 5.90. The highest BCUT2D eigenvalue weighted by Gasteiger charge is 2.21. The molecule has 1 aromatic rings. The zero-order valence-corrected chi connectivity index (χ0v) is 16.5. The first-order chi connectivity index (χ1) is 11.2. The van der Waals surface area contributed by atoms with E-state index in [1.54, 1.807) is 31.6 Å². The number of hydrogen-bond acceptors (Lipinski definition) is 4. The number of aromatic nitrogens is 1. The molecule has 1 saturated heterocycles. The second-order valence-electron chi connectivity index (χ2n) is 5.33. The quantitative estimate of drug-likeness (QED) is 0.408. The molecule has 2 heterocycles. The number of aliphatic imine (C=N–C) groups is 1. The molecular weight excluding hydrogens is 421 g/mol. The zero-order chi connectivity index (χ0) is 16.5. The van der Waals surface area contributed by atoms with E-state index < -0.39 is 0 Å². The molecule has 7 nitrogen and oxygen atoms in total. The largest absolute Gasteiger partial charge is 0.378 e. The SMILES string of the molecule is CCOC1CCN(C(=NC)NCC(=O)Nc2cccnc2)CC1.I. The minimum Gasteiger partial charge on any atom is -0.378 e. The van der Waals surface area contributed by atoms with Gasteiger partial charge < -0.3 is 20.3 Å².